The minimum absolute atomic E-state index is 0.229. The molecule has 2 aromatic rings. The summed E-state index contributed by atoms with van der Waals surface area (Å²) < 4.78 is 0. The minimum atomic E-state index is 0.229. The molecule has 4 heteroatoms. The second-order valence-corrected chi connectivity index (χ2v) is 6.59. The van der Waals surface area contributed by atoms with Crippen molar-refractivity contribution >= 4 is 5.96 Å². The molecule has 0 unspecified atom stereocenters. The Kier molecular flexibility index (Phi) is 5.35. The average Bonchev–Trinajstić information content (AvgIpc) is 2.64. The molecule has 0 bridgehead atoms. The number of hydrogen-bond donors (Lipinski definition) is 2. The van der Waals surface area contributed by atoms with E-state index in [2.05, 4.69) is 52.0 Å². The van der Waals surface area contributed by atoms with Crippen molar-refractivity contribution in [2.24, 2.45) is 4.99 Å². The molecule has 128 valence electrons. The van der Waals surface area contributed by atoms with E-state index in [4.69, 9.17) is 5.26 Å². The molecule has 0 radical (unpaired) electrons. The van der Waals surface area contributed by atoms with E-state index >= 15 is 0 Å². The topological polar surface area (TPSA) is 60.2 Å². The van der Waals surface area contributed by atoms with Crippen molar-refractivity contribution in [1.29, 1.82) is 5.26 Å². The van der Waals surface area contributed by atoms with Crippen LogP contribution < -0.4 is 10.6 Å². The van der Waals surface area contributed by atoms with Gasteiger partial charge in [-0.1, -0.05) is 48.9 Å². The van der Waals surface area contributed by atoms with Gasteiger partial charge in [0, 0.05) is 25.6 Å². The maximum Gasteiger partial charge on any atom is 0.191 e. The van der Waals surface area contributed by atoms with Crippen molar-refractivity contribution in [3.8, 4) is 6.07 Å². The maximum absolute atomic E-state index is 8.86. The highest BCUT2D eigenvalue weighted by atomic mass is 15.2. The summed E-state index contributed by atoms with van der Waals surface area (Å²) in [4.78, 5) is 4.33. The molecule has 0 spiro atoms. The number of hydrogen-bond acceptors (Lipinski definition) is 2. The van der Waals surface area contributed by atoms with Crippen LogP contribution in [0, 0.1) is 11.3 Å². The van der Waals surface area contributed by atoms with Gasteiger partial charge in [-0.15, -0.1) is 0 Å². The van der Waals surface area contributed by atoms with E-state index in [1.165, 1.54) is 24.8 Å². The zero-order chi connectivity index (χ0) is 17.5. The van der Waals surface area contributed by atoms with E-state index in [9.17, 15) is 0 Å². The van der Waals surface area contributed by atoms with Crippen LogP contribution in [0.2, 0.25) is 0 Å². The molecule has 4 nitrogen and oxygen atoms in total. The second-order valence-electron chi connectivity index (χ2n) is 6.59. The third-order valence-electron chi connectivity index (χ3n) is 5.06. The van der Waals surface area contributed by atoms with Crippen LogP contribution >= 0.6 is 0 Å². The lowest BCUT2D eigenvalue weighted by atomic mass is 9.64. The zero-order valence-electron chi connectivity index (χ0n) is 14.6. The quantitative estimate of drug-likeness (QED) is 0.652. The summed E-state index contributed by atoms with van der Waals surface area (Å²) in [5.74, 6) is 0.812. The Morgan fingerprint density at radius 3 is 2.36 bits per heavy atom. The summed E-state index contributed by atoms with van der Waals surface area (Å²) in [5, 5.41) is 15.7. The Labute approximate surface area is 149 Å². The zero-order valence-corrected chi connectivity index (χ0v) is 14.6. The van der Waals surface area contributed by atoms with E-state index in [-0.39, 0.29) is 5.41 Å². The number of nitriles is 1. The van der Waals surface area contributed by atoms with E-state index in [0.717, 1.165) is 18.1 Å². The van der Waals surface area contributed by atoms with Crippen molar-refractivity contribution in [3.63, 3.8) is 0 Å². The van der Waals surface area contributed by atoms with Gasteiger partial charge < -0.3 is 10.6 Å². The summed E-state index contributed by atoms with van der Waals surface area (Å²) in [5.41, 5.74) is 3.45. The van der Waals surface area contributed by atoms with Crippen LogP contribution in [0.1, 0.15) is 36.0 Å². The normalized spacial score (nSPS) is 15.8. The van der Waals surface area contributed by atoms with Crippen LogP contribution in [0.3, 0.4) is 0 Å². The molecule has 0 amide bonds. The molecule has 1 fully saturated rings. The Balaban J connectivity index is 1.56. The van der Waals surface area contributed by atoms with E-state index in [1.54, 1.807) is 7.05 Å². The summed E-state index contributed by atoms with van der Waals surface area (Å²) in [7, 11) is 1.80. The third-order valence-corrected chi connectivity index (χ3v) is 5.06. The van der Waals surface area contributed by atoms with E-state index in [0.29, 0.717) is 12.1 Å². The lowest BCUT2D eigenvalue weighted by molar-refractivity contribution is 0.244. The first-order valence-corrected chi connectivity index (χ1v) is 8.75. The molecular weight excluding hydrogens is 308 g/mol. The van der Waals surface area contributed by atoms with Gasteiger partial charge in [-0.05, 0) is 36.1 Å². The first kappa shape index (κ1) is 17.0. The van der Waals surface area contributed by atoms with Gasteiger partial charge in [0.2, 0.25) is 0 Å². The fourth-order valence-corrected chi connectivity index (χ4v) is 3.32. The first-order chi connectivity index (χ1) is 12.3. The molecule has 1 aliphatic rings. The number of guanidine groups is 1. The molecular formula is C21H24N4. The average molecular weight is 332 g/mol. The molecule has 25 heavy (non-hydrogen) atoms. The molecule has 3 rings (SSSR count). The first-order valence-electron chi connectivity index (χ1n) is 8.75. The van der Waals surface area contributed by atoms with Crippen LogP contribution in [0.25, 0.3) is 0 Å². The molecule has 2 N–H and O–H groups in total. The predicted octanol–water partition coefficient (Wildman–Crippen LogP) is 3.35. The second kappa shape index (κ2) is 7.85. The Morgan fingerprint density at radius 2 is 1.80 bits per heavy atom. The summed E-state index contributed by atoms with van der Waals surface area (Å²) in [6.07, 6.45) is 3.72. The van der Waals surface area contributed by atoms with Gasteiger partial charge in [0.05, 0.1) is 11.6 Å². The smallest absolute Gasteiger partial charge is 0.191 e. The highest BCUT2D eigenvalue weighted by Crippen LogP contribution is 2.43. The van der Waals surface area contributed by atoms with Gasteiger partial charge in [0.25, 0.3) is 0 Å². The molecule has 2 aromatic carbocycles. The highest BCUT2D eigenvalue weighted by molar-refractivity contribution is 5.79. The molecule has 1 aliphatic carbocycles. The fourth-order valence-electron chi connectivity index (χ4n) is 3.32. The summed E-state index contributed by atoms with van der Waals surface area (Å²) in [6, 6.07) is 20.5. The van der Waals surface area contributed by atoms with Crippen LogP contribution in [0.5, 0.6) is 0 Å². The molecule has 0 aliphatic heterocycles. The van der Waals surface area contributed by atoms with Crippen LogP contribution in [0.4, 0.5) is 0 Å². The fraction of sp³-hybridized carbons (Fsp3) is 0.333. The van der Waals surface area contributed by atoms with Crippen LogP contribution in [0.15, 0.2) is 59.6 Å². The maximum atomic E-state index is 8.86. The van der Waals surface area contributed by atoms with Crippen molar-refractivity contribution in [1.82, 2.24) is 10.6 Å². The van der Waals surface area contributed by atoms with Gasteiger partial charge in [0.1, 0.15) is 0 Å². The number of aliphatic imine (C=N–C) groups is 1. The van der Waals surface area contributed by atoms with Gasteiger partial charge >= 0.3 is 0 Å². The molecule has 0 atom stereocenters. The van der Waals surface area contributed by atoms with Gasteiger partial charge in [-0.3, -0.25) is 4.99 Å². The van der Waals surface area contributed by atoms with E-state index < -0.39 is 0 Å². The van der Waals surface area contributed by atoms with Crippen molar-refractivity contribution in [2.45, 2.75) is 31.2 Å². The highest BCUT2D eigenvalue weighted by Gasteiger charge is 2.38. The third kappa shape index (κ3) is 4.00. The van der Waals surface area contributed by atoms with Gasteiger partial charge in [0.15, 0.2) is 5.96 Å². The number of benzene rings is 2. The summed E-state index contributed by atoms with van der Waals surface area (Å²) in [6.45, 7) is 1.58. The number of nitrogens with zero attached hydrogens (tertiary/aromatic N) is 2. The van der Waals surface area contributed by atoms with Crippen molar-refractivity contribution in [3.05, 3.63) is 71.3 Å². The molecule has 1 saturated carbocycles. The standard InChI is InChI=1S/C21H24N4/c1-23-20(24-15-18-10-8-17(14-22)9-11-18)25-16-21(12-5-13-21)19-6-3-2-4-7-19/h2-4,6-11H,5,12-13,15-16H2,1H3,(H2,23,24,25). The number of rotatable bonds is 5. The Morgan fingerprint density at radius 1 is 1.08 bits per heavy atom. The van der Waals surface area contributed by atoms with E-state index in [1.807, 2.05) is 24.3 Å². The van der Waals surface area contributed by atoms with Gasteiger partial charge in [-0.2, -0.15) is 5.26 Å². The minimum Gasteiger partial charge on any atom is -0.356 e. The lowest BCUT2D eigenvalue weighted by Gasteiger charge is -2.43. The van der Waals surface area contributed by atoms with Crippen molar-refractivity contribution in [2.75, 3.05) is 13.6 Å². The van der Waals surface area contributed by atoms with Crippen molar-refractivity contribution < 1.29 is 0 Å². The SMILES string of the molecule is CN=C(NCc1ccc(C#N)cc1)NCC1(c2ccccc2)CCC1. The predicted molar refractivity (Wildman–Crippen MR) is 101 cm³/mol. The Hall–Kier alpha value is -2.80. The van der Waals surface area contributed by atoms with Crippen LogP contribution in [-0.2, 0) is 12.0 Å². The van der Waals surface area contributed by atoms with Crippen LogP contribution in [-0.4, -0.2) is 19.6 Å². The summed E-state index contributed by atoms with van der Waals surface area (Å²) >= 11 is 0. The monoisotopic (exact) mass is 332 g/mol. The molecule has 0 saturated heterocycles. The molecule has 0 aromatic heterocycles. The van der Waals surface area contributed by atoms with Gasteiger partial charge in [-0.25, -0.2) is 0 Å². The molecule has 0 heterocycles. The Bertz CT molecular complexity index is 753. The number of nitrogens with one attached hydrogen (secondary N) is 2. The largest absolute Gasteiger partial charge is 0.356 e. The lowest BCUT2D eigenvalue weighted by Crippen LogP contribution is -2.48.